The van der Waals surface area contributed by atoms with Gasteiger partial charge in [0.2, 0.25) is 0 Å². The van der Waals surface area contributed by atoms with E-state index in [1.165, 1.54) is 12.1 Å². The summed E-state index contributed by atoms with van der Waals surface area (Å²) in [6.07, 6.45) is 0. The zero-order chi connectivity index (χ0) is 15.7. The van der Waals surface area contributed by atoms with E-state index in [1.807, 2.05) is 50.2 Å². The molecule has 0 aliphatic carbocycles. The van der Waals surface area contributed by atoms with Crippen molar-refractivity contribution in [2.45, 2.75) is 13.8 Å². The Hall–Kier alpha value is -2.48. The van der Waals surface area contributed by atoms with E-state index in [-0.39, 0.29) is 5.56 Å². The van der Waals surface area contributed by atoms with Crippen molar-refractivity contribution in [1.29, 1.82) is 0 Å². The van der Waals surface area contributed by atoms with Crippen LogP contribution in [0.4, 0.5) is 8.78 Å². The molecule has 0 amide bonds. The fraction of sp³-hybridized carbons (Fsp3) is 0.100. The number of halogens is 2. The van der Waals surface area contributed by atoms with Gasteiger partial charge in [0.25, 0.3) is 0 Å². The van der Waals surface area contributed by atoms with Crippen molar-refractivity contribution in [2.24, 2.45) is 0 Å². The summed E-state index contributed by atoms with van der Waals surface area (Å²) in [7, 11) is 0. The third-order valence-electron chi connectivity index (χ3n) is 3.91. The van der Waals surface area contributed by atoms with E-state index in [1.54, 1.807) is 12.1 Å². The summed E-state index contributed by atoms with van der Waals surface area (Å²) >= 11 is 0. The molecule has 2 heteroatoms. The fourth-order valence-electron chi connectivity index (χ4n) is 2.74. The minimum Gasteiger partial charge on any atom is -0.206 e. The maximum Gasteiger partial charge on any atom is 0.134 e. The third-order valence-corrected chi connectivity index (χ3v) is 3.91. The van der Waals surface area contributed by atoms with Crippen molar-refractivity contribution in [3.8, 4) is 22.3 Å². The van der Waals surface area contributed by atoms with Crippen molar-refractivity contribution >= 4 is 0 Å². The molecule has 0 spiro atoms. The first-order valence-electron chi connectivity index (χ1n) is 7.19. The van der Waals surface area contributed by atoms with Crippen LogP contribution >= 0.6 is 0 Å². The summed E-state index contributed by atoms with van der Waals surface area (Å²) in [6, 6.07) is 17.6. The van der Waals surface area contributed by atoms with Crippen LogP contribution < -0.4 is 0 Å². The molecule has 0 saturated carbocycles. The van der Waals surface area contributed by atoms with Crippen LogP contribution in [0.2, 0.25) is 0 Å². The normalized spacial score (nSPS) is 10.7. The lowest BCUT2D eigenvalue weighted by Gasteiger charge is -2.12. The van der Waals surface area contributed by atoms with E-state index in [0.29, 0.717) is 11.1 Å². The molecule has 0 bridgehead atoms. The van der Waals surface area contributed by atoms with E-state index in [4.69, 9.17) is 0 Å². The second-order valence-electron chi connectivity index (χ2n) is 5.44. The highest BCUT2D eigenvalue weighted by atomic mass is 19.1. The lowest BCUT2D eigenvalue weighted by molar-refractivity contribution is 0.590. The monoisotopic (exact) mass is 294 g/mol. The number of benzene rings is 3. The SMILES string of the molecule is Cc1ccccc1-c1cc(F)c(-c2ccccc2C)c(F)c1. The molecule has 0 unspecified atom stereocenters. The third kappa shape index (κ3) is 2.52. The molecule has 0 saturated heterocycles. The molecule has 0 fully saturated rings. The Balaban J connectivity index is 2.18. The van der Waals surface area contributed by atoms with Crippen molar-refractivity contribution in [3.63, 3.8) is 0 Å². The second kappa shape index (κ2) is 5.72. The van der Waals surface area contributed by atoms with Crippen LogP contribution in [0.15, 0.2) is 60.7 Å². The topological polar surface area (TPSA) is 0 Å². The van der Waals surface area contributed by atoms with E-state index in [9.17, 15) is 8.78 Å². The molecule has 0 N–H and O–H groups in total. The maximum absolute atomic E-state index is 14.6. The van der Waals surface area contributed by atoms with E-state index in [2.05, 4.69) is 0 Å². The first kappa shape index (κ1) is 14.5. The fourth-order valence-corrected chi connectivity index (χ4v) is 2.74. The highest BCUT2D eigenvalue weighted by molar-refractivity contribution is 5.74. The standard InChI is InChI=1S/C20H16F2/c1-13-7-3-5-9-16(13)15-11-18(21)20(19(22)12-15)17-10-6-4-8-14(17)2/h3-12H,1-2H3. The van der Waals surface area contributed by atoms with Gasteiger partial charge in [0.1, 0.15) is 11.6 Å². The highest BCUT2D eigenvalue weighted by Crippen LogP contribution is 2.33. The smallest absolute Gasteiger partial charge is 0.134 e. The van der Waals surface area contributed by atoms with Gasteiger partial charge in [-0.1, -0.05) is 48.5 Å². The van der Waals surface area contributed by atoms with Gasteiger partial charge in [0.15, 0.2) is 0 Å². The molecule has 0 heterocycles. The van der Waals surface area contributed by atoms with E-state index < -0.39 is 11.6 Å². The van der Waals surface area contributed by atoms with Gasteiger partial charge in [-0.05, 0) is 53.8 Å². The van der Waals surface area contributed by atoms with Gasteiger partial charge >= 0.3 is 0 Å². The second-order valence-corrected chi connectivity index (χ2v) is 5.44. The average Bonchev–Trinajstić information content (AvgIpc) is 2.49. The molecule has 0 nitrogen and oxygen atoms in total. The Morgan fingerprint density at radius 2 is 1.09 bits per heavy atom. The minimum absolute atomic E-state index is 0.0374. The van der Waals surface area contributed by atoms with Gasteiger partial charge in [0.05, 0.1) is 5.56 Å². The molecule has 110 valence electrons. The van der Waals surface area contributed by atoms with Crippen LogP contribution in [0.3, 0.4) is 0 Å². The maximum atomic E-state index is 14.6. The number of rotatable bonds is 2. The molecule has 0 atom stereocenters. The molecular formula is C20H16F2. The van der Waals surface area contributed by atoms with Gasteiger partial charge in [-0.2, -0.15) is 0 Å². The number of aryl methyl sites for hydroxylation is 2. The Morgan fingerprint density at radius 3 is 1.59 bits per heavy atom. The Labute approximate surface area is 129 Å². The van der Waals surface area contributed by atoms with Crippen LogP contribution in [0.5, 0.6) is 0 Å². The van der Waals surface area contributed by atoms with Crippen molar-refractivity contribution < 1.29 is 8.78 Å². The highest BCUT2D eigenvalue weighted by Gasteiger charge is 2.16. The molecule has 3 aromatic carbocycles. The summed E-state index contributed by atoms with van der Waals surface area (Å²) in [5, 5.41) is 0. The van der Waals surface area contributed by atoms with Crippen molar-refractivity contribution in [1.82, 2.24) is 0 Å². The zero-order valence-electron chi connectivity index (χ0n) is 12.5. The van der Waals surface area contributed by atoms with Crippen LogP contribution in [0, 0.1) is 25.5 Å². The first-order valence-corrected chi connectivity index (χ1v) is 7.19. The average molecular weight is 294 g/mol. The Morgan fingerprint density at radius 1 is 0.636 bits per heavy atom. The number of hydrogen-bond acceptors (Lipinski definition) is 0. The van der Waals surface area contributed by atoms with Crippen molar-refractivity contribution in [3.05, 3.63) is 83.4 Å². The first-order chi connectivity index (χ1) is 10.6. The molecule has 0 aliphatic rings. The van der Waals surface area contributed by atoms with E-state index in [0.717, 1.165) is 16.7 Å². The number of hydrogen-bond donors (Lipinski definition) is 0. The lowest BCUT2D eigenvalue weighted by atomic mass is 9.95. The molecule has 22 heavy (non-hydrogen) atoms. The molecule has 3 aromatic rings. The zero-order valence-corrected chi connectivity index (χ0v) is 12.5. The minimum atomic E-state index is -0.535. The molecule has 3 rings (SSSR count). The predicted molar refractivity (Wildman–Crippen MR) is 86.7 cm³/mol. The summed E-state index contributed by atoms with van der Waals surface area (Å²) in [4.78, 5) is 0. The summed E-state index contributed by atoms with van der Waals surface area (Å²) in [6.45, 7) is 3.78. The lowest BCUT2D eigenvalue weighted by Crippen LogP contribution is -1.95. The summed E-state index contributed by atoms with van der Waals surface area (Å²) in [5.74, 6) is -1.07. The molecule has 0 radical (unpaired) electrons. The predicted octanol–water partition coefficient (Wildman–Crippen LogP) is 5.92. The van der Waals surface area contributed by atoms with E-state index >= 15 is 0 Å². The van der Waals surface area contributed by atoms with Crippen LogP contribution in [0.1, 0.15) is 11.1 Å². The quantitative estimate of drug-likeness (QED) is 0.550. The Kier molecular flexibility index (Phi) is 3.76. The largest absolute Gasteiger partial charge is 0.206 e. The van der Waals surface area contributed by atoms with Gasteiger partial charge in [-0.15, -0.1) is 0 Å². The molecular weight excluding hydrogens is 278 g/mol. The van der Waals surface area contributed by atoms with Crippen molar-refractivity contribution in [2.75, 3.05) is 0 Å². The molecule has 0 aromatic heterocycles. The van der Waals surface area contributed by atoms with Crippen LogP contribution in [-0.4, -0.2) is 0 Å². The molecule has 0 aliphatic heterocycles. The summed E-state index contributed by atoms with van der Waals surface area (Å²) in [5.41, 5.74) is 3.88. The van der Waals surface area contributed by atoms with Crippen LogP contribution in [0.25, 0.3) is 22.3 Å². The van der Waals surface area contributed by atoms with Gasteiger partial charge < -0.3 is 0 Å². The van der Waals surface area contributed by atoms with Crippen LogP contribution in [-0.2, 0) is 0 Å². The van der Waals surface area contributed by atoms with Gasteiger partial charge in [0, 0.05) is 0 Å². The van der Waals surface area contributed by atoms with Gasteiger partial charge in [-0.25, -0.2) is 8.78 Å². The Bertz CT molecular complexity index is 812. The summed E-state index contributed by atoms with van der Waals surface area (Å²) < 4.78 is 29.1. The van der Waals surface area contributed by atoms with Gasteiger partial charge in [-0.3, -0.25) is 0 Å².